The van der Waals surface area contributed by atoms with Crippen molar-refractivity contribution in [3.8, 4) is 11.5 Å². The highest BCUT2D eigenvalue weighted by Gasteiger charge is 2.16. The summed E-state index contributed by atoms with van der Waals surface area (Å²) >= 11 is 0. The van der Waals surface area contributed by atoms with Gasteiger partial charge in [0.15, 0.2) is 11.5 Å². The molecule has 2 N–H and O–H groups in total. The van der Waals surface area contributed by atoms with Crippen molar-refractivity contribution in [3.63, 3.8) is 0 Å². The molecular weight excluding hydrogens is 351 g/mol. The molecule has 2 aromatic carbocycles. The zero-order valence-corrected chi connectivity index (χ0v) is 14.3. The Labute approximate surface area is 154 Å². The lowest BCUT2D eigenvalue weighted by molar-refractivity contribution is 0.102. The summed E-state index contributed by atoms with van der Waals surface area (Å²) in [7, 11) is 0. The monoisotopic (exact) mass is 366 g/mol. The van der Waals surface area contributed by atoms with Gasteiger partial charge >= 0.3 is 0 Å². The van der Waals surface area contributed by atoms with Crippen LogP contribution in [0.1, 0.15) is 16.2 Å². The number of benzene rings is 2. The third-order valence-corrected chi connectivity index (χ3v) is 3.84. The van der Waals surface area contributed by atoms with Crippen LogP contribution >= 0.6 is 0 Å². The Morgan fingerprint density at radius 2 is 1.89 bits per heavy atom. The van der Waals surface area contributed by atoms with E-state index in [9.17, 15) is 9.18 Å². The molecule has 1 amide bonds. The molecule has 0 fully saturated rings. The average molecular weight is 366 g/mol. The Kier molecular flexibility index (Phi) is 4.29. The molecule has 1 aromatic heterocycles. The molecule has 0 aliphatic carbocycles. The molecule has 1 aliphatic heterocycles. The number of hydrogen-bond acceptors (Lipinski definition) is 6. The van der Waals surface area contributed by atoms with Gasteiger partial charge in [-0.15, -0.1) is 0 Å². The molecule has 0 atom stereocenters. The molecule has 0 radical (unpaired) electrons. The van der Waals surface area contributed by atoms with Crippen molar-refractivity contribution in [1.29, 1.82) is 0 Å². The van der Waals surface area contributed by atoms with Crippen molar-refractivity contribution >= 4 is 23.2 Å². The van der Waals surface area contributed by atoms with Gasteiger partial charge in [0.2, 0.25) is 12.7 Å². The first-order chi connectivity index (χ1) is 13.1. The Morgan fingerprint density at radius 1 is 1.07 bits per heavy atom. The Bertz CT molecular complexity index is 1030. The summed E-state index contributed by atoms with van der Waals surface area (Å²) in [5.74, 6) is 0.469. The molecular formula is C19H15FN4O3. The third kappa shape index (κ3) is 3.64. The van der Waals surface area contributed by atoms with E-state index < -0.39 is 11.7 Å². The number of amides is 1. The van der Waals surface area contributed by atoms with E-state index in [4.69, 9.17) is 9.47 Å². The van der Waals surface area contributed by atoms with E-state index >= 15 is 0 Å². The van der Waals surface area contributed by atoms with Gasteiger partial charge in [-0.2, -0.15) is 0 Å². The third-order valence-electron chi connectivity index (χ3n) is 3.84. The maximum absolute atomic E-state index is 13.8. The molecule has 0 spiro atoms. The highest BCUT2D eigenvalue weighted by atomic mass is 19.1. The number of aryl methyl sites for hydroxylation is 1. The Hall–Kier alpha value is -3.68. The second-order valence-corrected chi connectivity index (χ2v) is 5.85. The fraction of sp³-hybridized carbons (Fsp3) is 0.105. The number of carbonyl (C=O) groups is 1. The minimum atomic E-state index is -0.436. The molecule has 0 bridgehead atoms. The smallest absolute Gasteiger partial charge is 0.274 e. The Morgan fingerprint density at radius 3 is 2.74 bits per heavy atom. The predicted octanol–water partition coefficient (Wildman–Crippen LogP) is 3.65. The van der Waals surface area contributed by atoms with E-state index in [-0.39, 0.29) is 24.1 Å². The number of nitrogens with one attached hydrogen (secondary N) is 2. The van der Waals surface area contributed by atoms with Gasteiger partial charge in [-0.05, 0) is 37.3 Å². The van der Waals surface area contributed by atoms with Crippen molar-refractivity contribution in [3.05, 3.63) is 65.7 Å². The molecule has 7 nitrogen and oxygen atoms in total. The zero-order chi connectivity index (χ0) is 18.8. The molecule has 4 rings (SSSR count). The summed E-state index contributed by atoms with van der Waals surface area (Å²) in [6, 6.07) is 12.8. The number of hydrogen-bond donors (Lipinski definition) is 2. The lowest BCUT2D eigenvalue weighted by Gasteiger charge is -2.10. The largest absolute Gasteiger partial charge is 0.454 e. The lowest BCUT2D eigenvalue weighted by atomic mass is 10.2. The van der Waals surface area contributed by atoms with Crippen LogP contribution in [0.25, 0.3) is 0 Å². The second-order valence-electron chi connectivity index (χ2n) is 5.85. The maximum Gasteiger partial charge on any atom is 0.274 e. The predicted molar refractivity (Wildman–Crippen MR) is 97.0 cm³/mol. The van der Waals surface area contributed by atoms with Gasteiger partial charge in [0, 0.05) is 17.4 Å². The first-order valence-electron chi connectivity index (χ1n) is 8.17. The maximum atomic E-state index is 13.8. The summed E-state index contributed by atoms with van der Waals surface area (Å²) in [5, 5.41) is 5.54. The summed E-state index contributed by atoms with van der Waals surface area (Å²) in [6.45, 7) is 1.88. The summed E-state index contributed by atoms with van der Waals surface area (Å²) in [4.78, 5) is 20.9. The summed E-state index contributed by atoms with van der Waals surface area (Å²) < 4.78 is 24.4. The van der Waals surface area contributed by atoms with Gasteiger partial charge in [0.1, 0.15) is 11.5 Å². The first-order valence-corrected chi connectivity index (χ1v) is 8.17. The van der Waals surface area contributed by atoms with Crippen LogP contribution in [0.15, 0.2) is 48.5 Å². The highest BCUT2D eigenvalue weighted by molar-refractivity contribution is 6.03. The summed E-state index contributed by atoms with van der Waals surface area (Å²) in [6.07, 6.45) is 0. The number of aromatic nitrogens is 2. The molecule has 3 aromatic rings. The number of ether oxygens (including phenoxy) is 2. The highest BCUT2D eigenvalue weighted by Crippen LogP contribution is 2.34. The standard InChI is InChI=1S/C19H15FN4O3/c1-11-8-15(24-19(21-11)23-14-5-3-2-4-13(14)20)18(25)22-12-6-7-16-17(9-12)27-10-26-16/h2-9H,10H2,1H3,(H,22,25)(H,21,23,24). The number of fused-ring (bicyclic) bond motifs is 1. The van der Waals surface area contributed by atoms with Gasteiger partial charge in [-0.3, -0.25) is 4.79 Å². The van der Waals surface area contributed by atoms with E-state index in [0.29, 0.717) is 22.9 Å². The molecule has 0 unspecified atom stereocenters. The number of para-hydroxylation sites is 1. The van der Waals surface area contributed by atoms with Crippen LogP contribution in [-0.2, 0) is 0 Å². The topological polar surface area (TPSA) is 85.4 Å². The minimum absolute atomic E-state index is 0.135. The van der Waals surface area contributed by atoms with Crippen LogP contribution in [0.5, 0.6) is 11.5 Å². The number of carbonyl (C=O) groups excluding carboxylic acids is 1. The van der Waals surface area contributed by atoms with E-state index in [0.717, 1.165) is 0 Å². The van der Waals surface area contributed by atoms with Crippen molar-refractivity contribution < 1.29 is 18.7 Å². The molecule has 0 saturated heterocycles. The minimum Gasteiger partial charge on any atom is -0.454 e. The van der Waals surface area contributed by atoms with Crippen molar-refractivity contribution in [1.82, 2.24) is 9.97 Å². The van der Waals surface area contributed by atoms with Crippen LogP contribution in [0.2, 0.25) is 0 Å². The van der Waals surface area contributed by atoms with E-state index in [1.165, 1.54) is 6.07 Å². The van der Waals surface area contributed by atoms with E-state index in [1.807, 2.05) is 0 Å². The zero-order valence-electron chi connectivity index (χ0n) is 14.3. The van der Waals surface area contributed by atoms with Gasteiger partial charge < -0.3 is 20.1 Å². The van der Waals surface area contributed by atoms with Crippen LogP contribution < -0.4 is 20.1 Å². The fourth-order valence-electron chi connectivity index (χ4n) is 2.59. The normalized spacial score (nSPS) is 11.9. The number of rotatable bonds is 4. The van der Waals surface area contributed by atoms with Crippen LogP contribution in [0.3, 0.4) is 0 Å². The van der Waals surface area contributed by atoms with Crippen molar-refractivity contribution in [2.24, 2.45) is 0 Å². The van der Waals surface area contributed by atoms with Gasteiger partial charge in [0.25, 0.3) is 5.91 Å². The van der Waals surface area contributed by atoms with E-state index in [2.05, 4.69) is 20.6 Å². The molecule has 0 saturated carbocycles. The first kappa shape index (κ1) is 16.8. The number of nitrogens with zero attached hydrogens (tertiary/aromatic N) is 2. The second kappa shape index (κ2) is 6.91. The van der Waals surface area contributed by atoms with Crippen LogP contribution in [0, 0.1) is 12.7 Å². The fourth-order valence-corrected chi connectivity index (χ4v) is 2.59. The summed E-state index contributed by atoms with van der Waals surface area (Å²) in [5.41, 5.74) is 1.49. The van der Waals surface area contributed by atoms with Crippen LogP contribution in [0.4, 0.5) is 21.7 Å². The van der Waals surface area contributed by atoms with Gasteiger partial charge in [-0.25, -0.2) is 14.4 Å². The average Bonchev–Trinajstić information content (AvgIpc) is 3.11. The molecule has 27 heavy (non-hydrogen) atoms. The van der Waals surface area contributed by atoms with Gasteiger partial charge in [-0.1, -0.05) is 12.1 Å². The molecule has 136 valence electrons. The number of halogens is 1. The van der Waals surface area contributed by atoms with Gasteiger partial charge in [0.05, 0.1) is 5.69 Å². The van der Waals surface area contributed by atoms with Crippen LogP contribution in [-0.4, -0.2) is 22.7 Å². The molecule has 2 heterocycles. The van der Waals surface area contributed by atoms with E-state index in [1.54, 1.807) is 49.4 Å². The molecule has 1 aliphatic rings. The SMILES string of the molecule is Cc1cc(C(=O)Nc2ccc3c(c2)OCO3)nc(Nc2ccccc2F)n1. The van der Waals surface area contributed by atoms with Crippen molar-refractivity contribution in [2.45, 2.75) is 6.92 Å². The molecule has 8 heteroatoms. The Balaban J connectivity index is 1.55. The lowest BCUT2D eigenvalue weighted by Crippen LogP contribution is -2.15. The quantitative estimate of drug-likeness (QED) is 0.733. The van der Waals surface area contributed by atoms with Crippen molar-refractivity contribution in [2.75, 3.05) is 17.4 Å². The number of anilines is 3.